The first-order valence-corrected chi connectivity index (χ1v) is 7.19. The van der Waals surface area contributed by atoms with Crippen LogP contribution < -0.4 is 10.6 Å². The molecule has 0 aliphatic rings. The van der Waals surface area contributed by atoms with Gasteiger partial charge in [0.2, 0.25) is 0 Å². The molecular weight excluding hydrogens is 264 g/mol. The number of carbonyl (C=O) groups excluding carboxylic acids is 1. The summed E-state index contributed by atoms with van der Waals surface area (Å²) in [5.41, 5.74) is 2.29. The third-order valence-electron chi connectivity index (χ3n) is 3.06. The lowest BCUT2D eigenvalue weighted by Gasteiger charge is -2.06. The minimum absolute atomic E-state index is 0.256. The first-order valence-electron chi connectivity index (χ1n) is 7.19. The smallest absolute Gasteiger partial charge is 0.275 e. The quantitative estimate of drug-likeness (QED) is 0.855. The summed E-state index contributed by atoms with van der Waals surface area (Å²) in [6, 6.07) is 7.78. The van der Waals surface area contributed by atoms with Crippen LogP contribution in [-0.2, 0) is 6.42 Å². The summed E-state index contributed by atoms with van der Waals surface area (Å²) in [6.07, 6.45) is 5.04. The molecule has 0 fully saturated rings. The Hall–Kier alpha value is -2.43. The van der Waals surface area contributed by atoms with Crippen LogP contribution in [-0.4, -0.2) is 22.4 Å². The summed E-state index contributed by atoms with van der Waals surface area (Å²) < 4.78 is 0. The van der Waals surface area contributed by atoms with Gasteiger partial charge in [0.1, 0.15) is 11.5 Å². The summed E-state index contributed by atoms with van der Waals surface area (Å²) in [7, 11) is 0. The molecule has 0 saturated carbocycles. The van der Waals surface area contributed by atoms with Crippen molar-refractivity contribution in [3.05, 3.63) is 47.9 Å². The summed E-state index contributed by atoms with van der Waals surface area (Å²) in [4.78, 5) is 20.4. The van der Waals surface area contributed by atoms with Crippen LogP contribution in [0.1, 0.15) is 36.3 Å². The molecule has 1 aromatic heterocycles. The second kappa shape index (κ2) is 7.38. The zero-order valence-electron chi connectivity index (χ0n) is 12.4. The number of amides is 1. The molecule has 0 radical (unpaired) electrons. The summed E-state index contributed by atoms with van der Waals surface area (Å²) in [5, 5.41) is 5.93. The number of aryl methyl sites for hydroxylation is 1. The van der Waals surface area contributed by atoms with Gasteiger partial charge in [-0.15, -0.1) is 0 Å². The average Bonchev–Trinajstić information content (AvgIpc) is 2.54. The van der Waals surface area contributed by atoms with Gasteiger partial charge in [0.15, 0.2) is 0 Å². The molecule has 0 unspecified atom stereocenters. The third kappa shape index (κ3) is 4.27. The SMILES string of the molecule is CCCNc1cnc(C(=O)Nc2ccc(CC)cc2)cn1. The number of benzene rings is 1. The third-order valence-corrected chi connectivity index (χ3v) is 3.06. The number of nitrogens with one attached hydrogen (secondary N) is 2. The van der Waals surface area contributed by atoms with Crippen LogP contribution in [0.3, 0.4) is 0 Å². The highest BCUT2D eigenvalue weighted by Crippen LogP contribution is 2.11. The zero-order valence-corrected chi connectivity index (χ0v) is 12.4. The normalized spacial score (nSPS) is 10.2. The van der Waals surface area contributed by atoms with Gasteiger partial charge >= 0.3 is 0 Å². The van der Waals surface area contributed by atoms with Gasteiger partial charge in [0, 0.05) is 12.2 Å². The van der Waals surface area contributed by atoms with Crippen molar-refractivity contribution in [1.29, 1.82) is 0 Å². The first-order chi connectivity index (χ1) is 10.2. The van der Waals surface area contributed by atoms with Crippen LogP contribution in [0, 0.1) is 0 Å². The highest BCUT2D eigenvalue weighted by atomic mass is 16.1. The van der Waals surface area contributed by atoms with E-state index < -0.39 is 0 Å². The van der Waals surface area contributed by atoms with Crippen molar-refractivity contribution >= 4 is 17.4 Å². The molecule has 0 saturated heterocycles. The predicted octanol–water partition coefficient (Wildman–Crippen LogP) is 3.11. The topological polar surface area (TPSA) is 66.9 Å². The number of anilines is 2. The Morgan fingerprint density at radius 3 is 2.43 bits per heavy atom. The van der Waals surface area contributed by atoms with E-state index in [1.54, 1.807) is 6.20 Å². The molecule has 5 nitrogen and oxygen atoms in total. The van der Waals surface area contributed by atoms with Crippen molar-refractivity contribution in [2.75, 3.05) is 17.2 Å². The van der Waals surface area contributed by atoms with Gasteiger partial charge < -0.3 is 10.6 Å². The Kier molecular flexibility index (Phi) is 5.26. The fourth-order valence-corrected chi connectivity index (χ4v) is 1.81. The summed E-state index contributed by atoms with van der Waals surface area (Å²) in [5.74, 6) is 0.425. The molecule has 0 bridgehead atoms. The lowest BCUT2D eigenvalue weighted by molar-refractivity contribution is 0.102. The van der Waals surface area contributed by atoms with Crippen LogP contribution in [0.25, 0.3) is 0 Å². The van der Waals surface area contributed by atoms with Crippen molar-refractivity contribution in [2.24, 2.45) is 0 Å². The number of nitrogens with zero attached hydrogens (tertiary/aromatic N) is 2. The van der Waals surface area contributed by atoms with E-state index in [9.17, 15) is 4.79 Å². The minimum Gasteiger partial charge on any atom is -0.369 e. The molecule has 0 aliphatic heterocycles. The summed E-state index contributed by atoms with van der Waals surface area (Å²) in [6.45, 7) is 5.01. The number of carbonyl (C=O) groups is 1. The molecule has 1 aromatic carbocycles. The van der Waals surface area contributed by atoms with E-state index >= 15 is 0 Å². The van der Waals surface area contributed by atoms with Gasteiger partial charge in [0.25, 0.3) is 5.91 Å². The number of hydrogen-bond acceptors (Lipinski definition) is 4. The van der Waals surface area contributed by atoms with Gasteiger partial charge in [-0.3, -0.25) is 4.79 Å². The van der Waals surface area contributed by atoms with E-state index in [2.05, 4.69) is 34.4 Å². The van der Waals surface area contributed by atoms with Crippen molar-refractivity contribution in [3.63, 3.8) is 0 Å². The van der Waals surface area contributed by atoms with E-state index in [-0.39, 0.29) is 5.91 Å². The maximum absolute atomic E-state index is 12.1. The van der Waals surface area contributed by atoms with E-state index in [1.165, 1.54) is 11.8 Å². The molecule has 2 aromatic rings. The van der Waals surface area contributed by atoms with Gasteiger partial charge in [0.05, 0.1) is 12.4 Å². The monoisotopic (exact) mass is 284 g/mol. The van der Waals surface area contributed by atoms with Gasteiger partial charge in [-0.1, -0.05) is 26.0 Å². The second-order valence-corrected chi connectivity index (χ2v) is 4.72. The molecule has 0 spiro atoms. The fraction of sp³-hybridized carbons (Fsp3) is 0.312. The van der Waals surface area contributed by atoms with Crippen molar-refractivity contribution < 1.29 is 4.79 Å². The minimum atomic E-state index is -0.256. The average molecular weight is 284 g/mol. The Balaban J connectivity index is 1.98. The van der Waals surface area contributed by atoms with Crippen LogP contribution in [0.15, 0.2) is 36.7 Å². The number of aromatic nitrogens is 2. The highest BCUT2D eigenvalue weighted by molar-refractivity contribution is 6.02. The second-order valence-electron chi connectivity index (χ2n) is 4.72. The number of rotatable bonds is 6. The van der Waals surface area contributed by atoms with Crippen molar-refractivity contribution in [1.82, 2.24) is 9.97 Å². The standard InChI is InChI=1S/C16H20N4O/c1-3-9-17-15-11-18-14(10-19-15)16(21)20-13-7-5-12(4-2)6-8-13/h5-8,10-11H,3-4,9H2,1-2H3,(H,17,19)(H,20,21). The Morgan fingerprint density at radius 2 is 1.86 bits per heavy atom. The molecule has 0 atom stereocenters. The van der Waals surface area contributed by atoms with Crippen LogP contribution in [0.5, 0.6) is 0 Å². The van der Waals surface area contributed by atoms with E-state index in [0.717, 1.165) is 25.1 Å². The van der Waals surface area contributed by atoms with E-state index in [1.807, 2.05) is 24.3 Å². The largest absolute Gasteiger partial charge is 0.369 e. The fourth-order valence-electron chi connectivity index (χ4n) is 1.81. The van der Waals surface area contributed by atoms with Crippen molar-refractivity contribution in [2.45, 2.75) is 26.7 Å². The van der Waals surface area contributed by atoms with Gasteiger partial charge in [-0.2, -0.15) is 0 Å². The lowest BCUT2D eigenvalue weighted by atomic mass is 10.1. The van der Waals surface area contributed by atoms with Crippen LogP contribution in [0.2, 0.25) is 0 Å². The van der Waals surface area contributed by atoms with E-state index in [4.69, 9.17) is 0 Å². The molecule has 5 heteroatoms. The first kappa shape index (κ1) is 15.0. The predicted molar refractivity (Wildman–Crippen MR) is 84.6 cm³/mol. The molecule has 2 N–H and O–H groups in total. The van der Waals surface area contributed by atoms with Crippen molar-refractivity contribution in [3.8, 4) is 0 Å². The lowest BCUT2D eigenvalue weighted by Crippen LogP contribution is -2.14. The van der Waals surface area contributed by atoms with Crippen LogP contribution >= 0.6 is 0 Å². The van der Waals surface area contributed by atoms with E-state index in [0.29, 0.717) is 11.5 Å². The molecule has 21 heavy (non-hydrogen) atoms. The van der Waals surface area contributed by atoms with Crippen LogP contribution in [0.4, 0.5) is 11.5 Å². The van der Waals surface area contributed by atoms with Gasteiger partial charge in [-0.25, -0.2) is 9.97 Å². The molecule has 2 rings (SSSR count). The molecule has 1 amide bonds. The number of hydrogen-bond donors (Lipinski definition) is 2. The highest BCUT2D eigenvalue weighted by Gasteiger charge is 2.08. The molecule has 1 heterocycles. The van der Waals surface area contributed by atoms with Gasteiger partial charge in [-0.05, 0) is 30.5 Å². The molecule has 110 valence electrons. The zero-order chi connectivity index (χ0) is 15.1. The Bertz CT molecular complexity index is 578. The summed E-state index contributed by atoms with van der Waals surface area (Å²) >= 11 is 0. The molecule has 0 aliphatic carbocycles. The molecular formula is C16H20N4O. The Labute approximate surface area is 124 Å². The maximum Gasteiger partial charge on any atom is 0.275 e. The Morgan fingerprint density at radius 1 is 1.10 bits per heavy atom. The maximum atomic E-state index is 12.1.